The number of aromatic nitrogens is 3. The SMILES string of the molecule is COc1ccccc1C=CCN1CCCC(Cn2cc(C(=O)N3CCCC3)nn2)C1. The van der Waals surface area contributed by atoms with Gasteiger partial charge in [-0.05, 0) is 44.2 Å². The first-order valence-electron chi connectivity index (χ1n) is 10.9. The summed E-state index contributed by atoms with van der Waals surface area (Å²) in [5.41, 5.74) is 1.58. The van der Waals surface area contributed by atoms with Crippen LogP contribution in [0.4, 0.5) is 0 Å². The average molecular weight is 410 g/mol. The fourth-order valence-electron chi connectivity index (χ4n) is 4.43. The standard InChI is InChI=1S/C23H31N5O2/c1-30-22-11-3-2-9-20(22)10-7-13-26-12-6-8-19(16-26)17-28-18-21(24-25-28)23(29)27-14-4-5-15-27/h2-3,7,9-11,18-19H,4-6,8,12-17H2,1H3. The van der Waals surface area contributed by atoms with E-state index in [1.807, 2.05) is 34.0 Å². The molecule has 160 valence electrons. The molecule has 0 radical (unpaired) electrons. The van der Waals surface area contributed by atoms with E-state index >= 15 is 0 Å². The molecule has 1 aromatic carbocycles. The lowest BCUT2D eigenvalue weighted by Gasteiger charge is -2.31. The summed E-state index contributed by atoms with van der Waals surface area (Å²) in [7, 11) is 1.70. The molecule has 0 aliphatic carbocycles. The summed E-state index contributed by atoms with van der Waals surface area (Å²) < 4.78 is 7.26. The largest absolute Gasteiger partial charge is 0.496 e. The number of likely N-dealkylation sites (tertiary alicyclic amines) is 2. The second-order valence-corrected chi connectivity index (χ2v) is 8.24. The fourth-order valence-corrected chi connectivity index (χ4v) is 4.43. The number of para-hydroxylation sites is 1. The molecule has 7 heteroatoms. The van der Waals surface area contributed by atoms with Gasteiger partial charge in [0.25, 0.3) is 5.91 Å². The van der Waals surface area contributed by atoms with Gasteiger partial charge in [0.15, 0.2) is 5.69 Å². The van der Waals surface area contributed by atoms with Gasteiger partial charge in [0.1, 0.15) is 5.75 Å². The van der Waals surface area contributed by atoms with Crippen molar-refractivity contribution in [2.24, 2.45) is 5.92 Å². The molecule has 1 aromatic heterocycles. The van der Waals surface area contributed by atoms with Gasteiger partial charge < -0.3 is 9.64 Å². The lowest BCUT2D eigenvalue weighted by atomic mass is 9.98. The molecule has 1 unspecified atom stereocenters. The minimum Gasteiger partial charge on any atom is -0.496 e. The third kappa shape index (κ3) is 5.08. The molecular formula is C23H31N5O2. The molecule has 0 spiro atoms. The van der Waals surface area contributed by atoms with Gasteiger partial charge in [-0.1, -0.05) is 35.6 Å². The van der Waals surface area contributed by atoms with Crippen LogP contribution in [-0.2, 0) is 6.54 Å². The summed E-state index contributed by atoms with van der Waals surface area (Å²) in [6.07, 6.45) is 10.7. The molecule has 2 saturated heterocycles. The Hall–Kier alpha value is -2.67. The number of ether oxygens (including phenoxy) is 1. The Morgan fingerprint density at radius 2 is 2.03 bits per heavy atom. The first-order valence-corrected chi connectivity index (χ1v) is 10.9. The van der Waals surface area contributed by atoms with Crippen LogP contribution in [0.2, 0.25) is 0 Å². The summed E-state index contributed by atoms with van der Waals surface area (Å²) in [5, 5.41) is 8.35. The van der Waals surface area contributed by atoms with Gasteiger partial charge in [0, 0.05) is 38.3 Å². The van der Waals surface area contributed by atoms with Crippen LogP contribution in [0.1, 0.15) is 41.7 Å². The van der Waals surface area contributed by atoms with Crippen LogP contribution in [0.15, 0.2) is 36.5 Å². The first-order chi connectivity index (χ1) is 14.7. The van der Waals surface area contributed by atoms with Crippen LogP contribution >= 0.6 is 0 Å². The number of carbonyl (C=O) groups excluding carboxylic acids is 1. The number of piperidine rings is 1. The molecule has 2 fully saturated rings. The molecule has 2 aromatic rings. The highest BCUT2D eigenvalue weighted by Crippen LogP contribution is 2.21. The molecule has 0 saturated carbocycles. The maximum Gasteiger partial charge on any atom is 0.276 e. The smallest absolute Gasteiger partial charge is 0.276 e. The molecule has 4 rings (SSSR count). The highest BCUT2D eigenvalue weighted by molar-refractivity contribution is 5.92. The van der Waals surface area contributed by atoms with Crippen molar-refractivity contribution in [3.8, 4) is 5.75 Å². The van der Waals surface area contributed by atoms with Crippen molar-refractivity contribution in [3.05, 3.63) is 47.8 Å². The van der Waals surface area contributed by atoms with E-state index in [-0.39, 0.29) is 5.91 Å². The molecule has 2 aliphatic heterocycles. The van der Waals surface area contributed by atoms with Crippen LogP contribution in [0.3, 0.4) is 0 Å². The molecule has 0 N–H and O–H groups in total. The predicted molar refractivity (Wildman–Crippen MR) is 116 cm³/mol. The van der Waals surface area contributed by atoms with Crippen molar-refractivity contribution in [2.75, 3.05) is 39.8 Å². The normalized spacial score (nSPS) is 20.2. The second-order valence-electron chi connectivity index (χ2n) is 8.24. The van der Waals surface area contributed by atoms with Crippen LogP contribution in [0.25, 0.3) is 6.08 Å². The van der Waals surface area contributed by atoms with Crippen molar-refractivity contribution < 1.29 is 9.53 Å². The number of methoxy groups -OCH3 is 1. The number of benzene rings is 1. The average Bonchev–Trinajstić information content (AvgIpc) is 3.46. The highest BCUT2D eigenvalue weighted by atomic mass is 16.5. The summed E-state index contributed by atoms with van der Waals surface area (Å²) in [4.78, 5) is 16.8. The van der Waals surface area contributed by atoms with Crippen LogP contribution in [-0.4, -0.2) is 70.5 Å². The Labute approximate surface area is 178 Å². The third-order valence-corrected chi connectivity index (χ3v) is 6.00. The van der Waals surface area contributed by atoms with Crippen molar-refractivity contribution in [1.29, 1.82) is 0 Å². The van der Waals surface area contributed by atoms with Gasteiger partial charge in [-0.25, -0.2) is 0 Å². The van der Waals surface area contributed by atoms with Gasteiger partial charge >= 0.3 is 0 Å². The molecule has 1 atom stereocenters. The Balaban J connectivity index is 1.29. The van der Waals surface area contributed by atoms with Gasteiger partial charge in [-0.15, -0.1) is 5.10 Å². The molecule has 2 aliphatic rings. The van der Waals surface area contributed by atoms with Gasteiger partial charge in [0.05, 0.1) is 13.3 Å². The molecule has 3 heterocycles. The van der Waals surface area contributed by atoms with E-state index in [9.17, 15) is 4.79 Å². The van der Waals surface area contributed by atoms with Crippen molar-refractivity contribution in [2.45, 2.75) is 32.2 Å². The van der Waals surface area contributed by atoms with E-state index in [1.54, 1.807) is 7.11 Å². The summed E-state index contributed by atoms with van der Waals surface area (Å²) in [5.74, 6) is 1.44. The summed E-state index contributed by atoms with van der Waals surface area (Å²) in [6.45, 7) is 5.56. The Morgan fingerprint density at radius 3 is 2.87 bits per heavy atom. The van der Waals surface area contributed by atoms with Gasteiger partial charge in [-0.2, -0.15) is 0 Å². The lowest BCUT2D eigenvalue weighted by Crippen LogP contribution is -2.37. The van der Waals surface area contributed by atoms with Crippen LogP contribution < -0.4 is 4.74 Å². The minimum atomic E-state index is 0.0190. The highest BCUT2D eigenvalue weighted by Gasteiger charge is 2.24. The minimum absolute atomic E-state index is 0.0190. The van der Waals surface area contributed by atoms with E-state index in [4.69, 9.17) is 4.74 Å². The van der Waals surface area contributed by atoms with Crippen molar-refractivity contribution in [3.63, 3.8) is 0 Å². The first kappa shape index (κ1) is 20.6. The zero-order valence-electron chi connectivity index (χ0n) is 17.7. The quantitative estimate of drug-likeness (QED) is 0.704. The second kappa shape index (κ2) is 9.89. The van der Waals surface area contributed by atoms with Gasteiger partial charge in [-0.3, -0.25) is 14.4 Å². The maximum absolute atomic E-state index is 12.5. The third-order valence-electron chi connectivity index (χ3n) is 6.00. The summed E-state index contributed by atoms with van der Waals surface area (Å²) in [6, 6.07) is 8.07. The zero-order valence-corrected chi connectivity index (χ0v) is 17.7. The molecule has 30 heavy (non-hydrogen) atoms. The van der Waals surface area contributed by atoms with E-state index < -0.39 is 0 Å². The predicted octanol–water partition coefficient (Wildman–Crippen LogP) is 2.95. The van der Waals surface area contributed by atoms with Crippen molar-refractivity contribution in [1.82, 2.24) is 24.8 Å². The van der Waals surface area contributed by atoms with Crippen LogP contribution in [0.5, 0.6) is 5.75 Å². The Morgan fingerprint density at radius 1 is 1.20 bits per heavy atom. The van der Waals surface area contributed by atoms with E-state index in [2.05, 4.69) is 33.4 Å². The number of nitrogens with zero attached hydrogens (tertiary/aromatic N) is 5. The number of amides is 1. The van der Waals surface area contributed by atoms with Gasteiger partial charge in [0.2, 0.25) is 0 Å². The number of hydrogen-bond acceptors (Lipinski definition) is 5. The lowest BCUT2D eigenvalue weighted by molar-refractivity contribution is 0.0787. The zero-order chi connectivity index (χ0) is 20.8. The molecular weight excluding hydrogens is 378 g/mol. The number of rotatable bonds is 7. The van der Waals surface area contributed by atoms with Crippen LogP contribution in [0, 0.1) is 5.92 Å². The van der Waals surface area contributed by atoms with E-state index in [0.717, 1.165) is 63.4 Å². The molecule has 1 amide bonds. The molecule has 0 bridgehead atoms. The Bertz CT molecular complexity index is 872. The fraction of sp³-hybridized carbons (Fsp3) is 0.522. The van der Waals surface area contributed by atoms with E-state index in [1.165, 1.54) is 12.8 Å². The number of carbonyl (C=O) groups is 1. The molecule has 7 nitrogen and oxygen atoms in total. The topological polar surface area (TPSA) is 63.5 Å². The maximum atomic E-state index is 12.5. The van der Waals surface area contributed by atoms with Crippen molar-refractivity contribution >= 4 is 12.0 Å². The summed E-state index contributed by atoms with van der Waals surface area (Å²) >= 11 is 0. The Kier molecular flexibility index (Phi) is 6.79. The monoisotopic (exact) mass is 409 g/mol. The number of hydrogen-bond donors (Lipinski definition) is 0. The van der Waals surface area contributed by atoms with E-state index in [0.29, 0.717) is 11.6 Å².